The number of hydrogen-bond acceptors (Lipinski definition) is 5. The highest BCUT2D eigenvalue weighted by Crippen LogP contribution is 2.13. The fraction of sp³-hybridized carbons (Fsp3) is 0.357. The first-order chi connectivity index (χ1) is 10.4. The molecule has 1 rings (SSSR count). The summed E-state index contributed by atoms with van der Waals surface area (Å²) in [5.74, 6) is -2.36. The number of esters is 2. The van der Waals surface area contributed by atoms with E-state index in [1.165, 1.54) is 26.4 Å². The summed E-state index contributed by atoms with van der Waals surface area (Å²) in [6, 6.07) is 2.95. The minimum absolute atomic E-state index is 0.0257. The van der Waals surface area contributed by atoms with E-state index in [9.17, 15) is 18.8 Å². The Morgan fingerprint density at radius 3 is 2.50 bits per heavy atom. The highest BCUT2D eigenvalue weighted by molar-refractivity contribution is 14.1. The number of ether oxygens (including phenoxy) is 2. The molecule has 0 aliphatic carbocycles. The molecule has 0 aliphatic heterocycles. The van der Waals surface area contributed by atoms with Crippen molar-refractivity contribution in [2.75, 3.05) is 14.2 Å². The van der Waals surface area contributed by atoms with Crippen LogP contribution in [0.1, 0.15) is 23.2 Å². The third-order valence-corrected chi connectivity index (χ3v) is 3.71. The van der Waals surface area contributed by atoms with Crippen LogP contribution in [0.15, 0.2) is 18.2 Å². The highest BCUT2D eigenvalue weighted by atomic mass is 127. The summed E-state index contributed by atoms with van der Waals surface area (Å²) in [5.41, 5.74) is 0.0740. The lowest BCUT2D eigenvalue weighted by Gasteiger charge is -2.16. The molecular weight excluding hydrogens is 408 g/mol. The van der Waals surface area contributed by atoms with Crippen LogP contribution in [0, 0.1) is 9.39 Å². The first-order valence-corrected chi connectivity index (χ1v) is 7.37. The number of nitrogens with one attached hydrogen (secondary N) is 1. The molecule has 0 aromatic heterocycles. The van der Waals surface area contributed by atoms with Crippen molar-refractivity contribution >= 4 is 40.4 Å². The standard InChI is InChI=1S/C14H15FINO5/c1-21-12(18)6-5-11(14(20)22-2)17-13(19)8-3-4-10(16)9(15)7-8/h3-4,7,11H,5-6H2,1-2H3,(H,17,19)/t11-/m1/s1. The van der Waals surface area contributed by atoms with Gasteiger partial charge >= 0.3 is 11.9 Å². The average molecular weight is 423 g/mol. The van der Waals surface area contributed by atoms with Crippen LogP contribution in [-0.2, 0) is 19.1 Å². The summed E-state index contributed by atoms with van der Waals surface area (Å²) in [6.45, 7) is 0. The monoisotopic (exact) mass is 423 g/mol. The summed E-state index contributed by atoms with van der Waals surface area (Å²) in [5, 5.41) is 2.42. The van der Waals surface area contributed by atoms with Gasteiger partial charge in [-0.2, -0.15) is 0 Å². The fourth-order valence-corrected chi connectivity index (χ4v) is 1.97. The van der Waals surface area contributed by atoms with Gasteiger partial charge in [0.15, 0.2) is 0 Å². The Labute approximate surface area is 140 Å². The number of methoxy groups -OCH3 is 2. The smallest absolute Gasteiger partial charge is 0.328 e. The van der Waals surface area contributed by atoms with E-state index in [4.69, 9.17) is 0 Å². The van der Waals surface area contributed by atoms with E-state index in [-0.39, 0.29) is 18.4 Å². The van der Waals surface area contributed by atoms with Gasteiger partial charge in [0, 0.05) is 15.6 Å². The SMILES string of the molecule is COC(=O)CC[C@@H](NC(=O)c1ccc(I)c(F)c1)C(=O)OC. The first kappa shape index (κ1) is 18.3. The van der Waals surface area contributed by atoms with Crippen molar-refractivity contribution in [2.45, 2.75) is 18.9 Å². The number of carbonyl (C=O) groups is 3. The molecule has 1 amide bonds. The molecule has 0 spiro atoms. The lowest BCUT2D eigenvalue weighted by atomic mass is 10.1. The van der Waals surface area contributed by atoms with Gasteiger partial charge in [-0.1, -0.05) is 0 Å². The molecule has 6 nitrogen and oxygen atoms in total. The van der Waals surface area contributed by atoms with E-state index in [0.29, 0.717) is 3.57 Å². The summed E-state index contributed by atoms with van der Waals surface area (Å²) in [6.07, 6.45) is -0.0322. The number of carbonyl (C=O) groups excluding carboxylic acids is 3. The van der Waals surface area contributed by atoms with Gasteiger partial charge in [0.05, 0.1) is 14.2 Å². The molecule has 0 bridgehead atoms. The maximum atomic E-state index is 13.5. The van der Waals surface area contributed by atoms with E-state index in [1.807, 2.05) is 0 Å². The molecule has 0 heterocycles. The molecule has 1 aromatic rings. The first-order valence-electron chi connectivity index (χ1n) is 6.29. The van der Waals surface area contributed by atoms with Crippen LogP contribution in [0.3, 0.4) is 0 Å². The van der Waals surface area contributed by atoms with Gasteiger partial charge in [0.1, 0.15) is 11.9 Å². The predicted molar refractivity (Wildman–Crippen MR) is 83.6 cm³/mol. The van der Waals surface area contributed by atoms with Crippen LogP contribution in [0.2, 0.25) is 0 Å². The molecule has 0 aliphatic rings. The predicted octanol–water partition coefficient (Wildman–Crippen LogP) is 1.65. The van der Waals surface area contributed by atoms with Crippen LogP contribution < -0.4 is 5.32 Å². The maximum absolute atomic E-state index is 13.5. The van der Waals surface area contributed by atoms with Gasteiger partial charge in [-0.15, -0.1) is 0 Å². The van der Waals surface area contributed by atoms with Crippen molar-refractivity contribution in [1.82, 2.24) is 5.32 Å². The third-order valence-electron chi connectivity index (χ3n) is 2.84. The minimum atomic E-state index is -1.01. The van der Waals surface area contributed by atoms with Crippen LogP contribution in [-0.4, -0.2) is 38.1 Å². The minimum Gasteiger partial charge on any atom is -0.469 e. The topological polar surface area (TPSA) is 81.7 Å². The zero-order valence-corrected chi connectivity index (χ0v) is 14.2. The number of benzene rings is 1. The van der Waals surface area contributed by atoms with E-state index in [2.05, 4.69) is 14.8 Å². The molecule has 0 saturated carbocycles. The molecule has 0 unspecified atom stereocenters. The molecule has 8 heteroatoms. The largest absolute Gasteiger partial charge is 0.469 e. The van der Waals surface area contributed by atoms with E-state index in [0.717, 1.165) is 6.07 Å². The Kier molecular flexibility index (Phi) is 7.22. The zero-order valence-electron chi connectivity index (χ0n) is 12.0. The zero-order chi connectivity index (χ0) is 16.7. The van der Waals surface area contributed by atoms with Crippen LogP contribution in [0.25, 0.3) is 0 Å². The number of halogens is 2. The molecule has 120 valence electrons. The maximum Gasteiger partial charge on any atom is 0.328 e. The Bertz CT molecular complexity index is 578. The van der Waals surface area contributed by atoms with Crippen molar-refractivity contribution in [1.29, 1.82) is 0 Å². The van der Waals surface area contributed by atoms with Crippen LogP contribution in [0.5, 0.6) is 0 Å². The molecule has 0 radical (unpaired) electrons. The molecule has 0 fully saturated rings. The molecule has 1 N–H and O–H groups in total. The van der Waals surface area contributed by atoms with E-state index in [1.54, 1.807) is 22.6 Å². The second-order valence-electron chi connectivity index (χ2n) is 4.29. The Balaban J connectivity index is 2.79. The normalized spacial score (nSPS) is 11.5. The van der Waals surface area contributed by atoms with Crippen molar-refractivity contribution in [3.63, 3.8) is 0 Å². The second-order valence-corrected chi connectivity index (χ2v) is 5.46. The molecular formula is C14H15FINO5. The van der Waals surface area contributed by atoms with Crippen molar-refractivity contribution in [2.24, 2.45) is 0 Å². The fourth-order valence-electron chi connectivity index (χ4n) is 1.63. The van der Waals surface area contributed by atoms with Gasteiger partial charge in [-0.05, 0) is 47.2 Å². The third kappa shape index (κ3) is 5.24. The van der Waals surface area contributed by atoms with Gasteiger partial charge in [-0.3, -0.25) is 9.59 Å². The Hall–Kier alpha value is -1.71. The van der Waals surface area contributed by atoms with Gasteiger partial charge in [0.2, 0.25) is 0 Å². The van der Waals surface area contributed by atoms with Crippen molar-refractivity contribution in [3.05, 3.63) is 33.1 Å². The Morgan fingerprint density at radius 2 is 1.95 bits per heavy atom. The molecule has 1 aromatic carbocycles. The number of rotatable bonds is 6. The number of amides is 1. The molecule has 22 heavy (non-hydrogen) atoms. The summed E-state index contributed by atoms with van der Waals surface area (Å²) >= 11 is 1.80. The molecule has 1 atom stereocenters. The van der Waals surface area contributed by atoms with Crippen molar-refractivity contribution < 1.29 is 28.2 Å². The average Bonchev–Trinajstić information content (AvgIpc) is 2.52. The van der Waals surface area contributed by atoms with Crippen LogP contribution >= 0.6 is 22.6 Å². The summed E-state index contributed by atoms with van der Waals surface area (Å²) in [7, 11) is 2.40. The molecule has 0 saturated heterocycles. The second kappa shape index (κ2) is 8.66. The van der Waals surface area contributed by atoms with Gasteiger partial charge in [-0.25, -0.2) is 9.18 Å². The summed E-state index contributed by atoms with van der Waals surface area (Å²) < 4.78 is 22.9. The van der Waals surface area contributed by atoms with Gasteiger partial charge < -0.3 is 14.8 Å². The summed E-state index contributed by atoms with van der Waals surface area (Å²) in [4.78, 5) is 34.8. The van der Waals surface area contributed by atoms with E-state index >= 15 is 0 Å². The lowest BCUT2D eigenvalue weighted by molar-refractivity contribution is -0.144. The van der Waals surface area contributed by atoms with E-state index < -0.39 is 29.7 Å². The van der Waals surface area contributed by atoms with Gasteiger partial charge in [0.25, 0.3) is 5.91 Å². The lowest BCUT2D eigenvalue weighted by Crippen LogP contribution is -2.41. The van der Waals surface area contributed by atoms with Crippen LogP contribution in [0.4, 0.5) is 4.39 Å². The van der Waals surface area contributed by atoms with Crippen molar-refractivity contribution in [3.8, 4) is 0 Å². The highest BCUT2D eigenvalue weighted by Gasteiger charge is 2.23. The quantitative estimate of drug-likeness (QED) is 0.556. The number of hydrogen-bond donors (Lipinski definition) is 1. The Morgan fingerprint density at radius 1 is 1.27 bits per heavy atom.